The lowest BCUT2D eigenvalue weighted by Gasteiger charge is -2.38. The van der Waals surface area contributed by atoms with Gasteiger partial charge < -0.3 is 15.8 Å². The average molecular weight is 482 g/mol. The number of carbonyl (C=O) groups is 2. The standard InChI is InChI=1S/C28H27N5O3/c1-17-10-18(11-26(34)32-21-15-31-33(16-21)28-8-6-19(13-28)14-28)2-5-24(17)36-25-7-9-30-23-4-3-20(27(29)35)12-22(23)25/h2-5,7,9-10,12,15-16,19H,6,8,11,13-14H2,1H3,(H2,29,35)(H,32,34). The first-order valence-electron chi connectivity index (χ1n) is 12.2. The molecule has 3 aliphatic rings. The highest BCUT2D eigenvalue weighted by Gasteiger charge is 2.52. The van der Waals surface area contributed by atoms with Crippen molar-refractivity contribution in [3.05, 3.63) is 77.7 Å². The van der Waals surface area contributed by atoms with E-state index in [1.165, 1.54) is 25.7 Å². The second kappa shape index (κ2) is 8.48. The molecule has 36 heavy (non-hydrogen) atoms. The molecule has 7 rings (SSSR count). The Hall–Kier alpha value is -4.20. The number of pyridine rings is 1. The summed E-state index contributed by atoms with van der Waals surface area (Å²) in [6.45, 7) is 1.94. The number of aromatic nitrogens is 3. The molecule has 2 bridgehead atoms. The molecule has 2 heterocycles. The predicted molar refractivity (Wildman–Crippen MR) is 136 cm³/mol. The molecular formula is C28H27N5O3. The Labute approximate surface area is 208 Å². The molecule has 3 saturated carbocycles. The van der Waals surface area contributed by atoms with Crippen molar-refractivity contribution < 1.29 is 14.3 Å². The van der Waals surface area contributed by atoms with Crippen LogP contribution < -0.4 is 15.8 Å². The first-order chi connectivity index (χ1) is 17.4. The monoisotopic (exact) mass is 481 g/mol. The van der Waals surface area contributed by atoms with Gasteiger partial charge in [0.15, 0.2) is 0 Å². The van der Waals surface area contributed by atoms with Gasteiger partial charge in [-0.3, -0.25) is 19.3 Å². The predicted octanol–water partition coefficient (Wildman–Crippen LogP) is 4.71. The number of rotatable bonds is 7. The van der Waals surface area contributed by atoms with Gasteiger partial charge in [0, 0.05) is 23.3 Å². The van der Waals surface area contributed by atoms with Crippen LogP contribution in [0.5, 0.6) is 11.5 Å². The van der Waals surface area contributed by atoms with Gasteiger partial charge in [-0.25, -0.2) is 0 Å². The topological polar surface area (TPSA) is 112 Å². The molecule has 3 N–H and O–H groups in total. The van der Waals surface area contributed by atoms with Crippen molar-refractivity contribution in [3.63, 3.8) is 0 Å². The van der Waals surface area contributed by atoms with Crippen molar-refractivity contribution in [2.45, 2.75) is 44.6 Å². The number of benzene rings is 2. The van der Waals surface area contributed by atoms with Crippen LogP contribution in [0.1, 0.15) is 47.2 Å². The molecule has 182 valence electrons. The second-order valence-electron chi connectivity index (χ2n) is 10.0. The smallest absolute Gasteiger partial charge is 0.248 e. The van der Waals surface area contributed by atoms with Gasteiger partial charge in [-0.1, -0.05) is 12.1 Å². The van der Waals surface area contributed by atoms with Crippen LogP contribution in [0.3, 0.4) is 0 Å². The highest BCUT2D eigenvalue weighted by atomic mass is 16.5. The van der Waals surface area contributed by atoms with E-state index in [0.29, 0.717) is 28.0 Å². The van der Waals surface area contributed by atoms with Crippen molar-refractivity contribution in [2.24, 2.45) is 11.7 Å². The Bertz CT molecular complexity index is 1500. The summed E-state index contributed by atoms with van der Waals surface area (Å²) in [5, 5.41) is 8.21. The van der Waals surface area contributed by atoms with Crippen molar-refractivity contribution in [1.82, 2.24) is 14.8 Å². The van der Waals surface area contributed by atoms with Gasteiger partial charge in [-0.15, -0.1) is 0 Å². The number of hydrogen-bond acceptors (Lipinski definition) is 5. The number of nitrogens with one attached hydrogen (secondary N) is 1. The van der Waals surface area contributed by atoms with Crippen LogP contribution in [0.2, 0.25) is 0 Å². The zero-order valence-electron chi connectivity index (χ0n) is 20.0. The van der Waals surface area contributed by atoms with Gasteiger partial charge in [0.05, 0.1) is 29.4 Å². The number of nitrogens with zero attached hydrogens (tertiary/aromatic N) is 3. The maximum Gasteiger partial charge on any atom is 0.248 e. The number of nitrogens with two attached hydrogens (primary N) is 1. The molecule has 2 aromatic heterocycles. The quantitative estimate of drug-likeness (QED) is 0.397. The third-order valence-electron chi connectivity index (χ3n) is 7.52. The molecule has 0 unspecified atom stereocenters. The average Bonchev–Trinajstić information content (AvgIpc) is 3.57. The van der Waals surface area contributed by atoms with E-state index < -0.39 is 5.91 Å². The van der Waals surface area contributed by atoms with E-state index >= 15 is 0 Å². The number of amides is 2. The first-order valence-corrected chi connectivity index (χ1v) is 12.2. The van der Waals surface area contributed by atoms with Gasteiger partial charge in [-0.05, 0) is 80.0 Å². The Morgan fingerprint density at radius 2 is 2.03 bits per heavy atom. The number of ether oxygens (including phenoxy) is 1. The summed E-state index contributed by atoms with van der Waals surface area (Å²) in [7, 11) is 0. The molecule has 8 heteroatoms. The fraction of sp³-hybridized carbons (Fsp3) is 0.286. The number of primary amides is 1. The van der Waals surface area contributed by atoms with Crippen LogP contribution in [-0.4, -0.2) is 26.6 Å². The van der Waals surface area contributed by atoms with E-state index in [1.54, 1.807) is 36.7 Å². The Kier molecular flexibility index (Phi) is 5.25. The number of fused-ring (bicyclic) bond motifs is 2. The molecule has 0 saturated heterocycles. The van der Waals surface area contributed by atoms with E-state index in [2.05, 4.69) is 20.1 Å². The SMILES string of the molecule is Cc1cc(CC(=O)Nc2cnn(C34CCC(C3)C4)c2)ccc1Oc1ccnc2ccc(C(N)=O)cc12. The van der Waals surface area contributed by atoms with Gasteiger partial charge in [0.1, 0.15) is 11.5 Å². The third kappa shape index (κ3) is 3.98. The largest absolute Gasteiger partial charge is 0.456 e. The molecule has 3 aliphatic carbocycles. The van der Waals surface area contributed by atoms with E-state index in [4.69, 9.17) is 10.5 Å². The molecule has 2 aromatic carbocycles. The molecule has 2 amide bonds. The fourth-order valence-corrected chi connectivity index (χ4v) is 5.65. The fourth-order valence-electron chi connectivity index (χ4n) is 5.65. The maximum absolute atomic E-state index is 12.7. The molecule has 0 aliphatic heterocycles. The molecule has 0 spiro atoms. The maximum atomic E-state index is 12.7. The lowest BCUT2D eigenvalue weighted by atomic mass is 9.77. The Balaban J connectivity index is 1.14. The summed E-state index contributed by atoms with van der Waals surface area (Å²) >= 11 is 0. The number of carbonyl (C=O) groups excluding carboxylic acids is 2. The van der Waals surface area contributed by atoms with Gasteiger partial charge in [-0.2, -0.15) is 5.10 Å². The molecule has 8 nitrogen and oxygen atoms in total. The summed E-state index contributed by atoms with van der Waals surface area (Å²) in [5.74, 6) is 1.50. The van der Waals surface area contributed by atoms with Crippen LogP contribution in [0.25, 0.3) is 10.9 Å². The minimum absolute atomic E-state index is 0.0860. The molecule has 3 fully saturated rings. The molecule has 0 atom stereocenters. The highest BCUT2D eigenvalue weighted by Crippen LogP contribution is 2.56. The van der Waals surface area contributed by atoms with Crippen molar-refractivity contribution >= 4 is 28.4 Å². The van der Waals surface area contributed by atoms with Crippen LogP contribution in [0, 0.1) is 12.8 Å². The Morgan fingerprint density at radius 1 is 1.17 bits per heavy atom. The van der Waals surface area contributed by atoms with Crippen LogP contribution in [0.15, 0.2) is 61.1 Å². The van der Waals surface area contributed by atoms with Crippen LogP contribution >= 0.6 is 0 Å². The Morgan fingerprint density at radius 3 is 2.78 bits per heavy atom. The summed E-state index contributed by atoms with van der Waals surface area (Å²) in [5.41, 5.74) is 9.23. The lowest BCUT2D eigenvalue weighted by Crippen LogP contribution is -2.39. The van der Waals surface area contributed by atoms with Crippen molar-refractivity contribution in [1.29, 1.82) is 0 Å². The third-order valence-corrected chi connectivity index (χ3v) is 7.52. The number of anilines is 1. The molecule has 0 radical (unpaired) electrons. The second-order valence-corrected chi connectivity index (χ2v) is 10.0. The van der Waals surface area contributed by atoms with E-state index in [-0.39, 0.29) is 17.9 Å². The van der Waals surface area contributed by atoms with Crippen molar-refractivity contribution in [3.8, 4) is 11.5 Å². The summed E-state index contributed by atoms with van der Waals surface area (Å²) in [6, 6.07) is 12.5. The lowest BCUT2D eigenvalue weighted by molar-refractivity contribution is -0.115. The first kappa shape index (κ1) is 22.3. The van der Waals surface area contributed by atoms with Crippen molar-refractivity contribution in [2.75, 3.05) is 5.32 Å². The highest BCUT2D eigenvalue weighted by molar-refractivity contribution is 5.98. The van der Waals surface area contributed by atoms with Crippen LogP contribution in [-0.2, 0) is 16.8 Å². The van der Waals surface area contributed by atoms with E-state index in [9.17, 15) is 9.59 Å². The summed E-state index contributed by atoms with van der Waals surface area (Å²) in [6.07, 6.45) is 10.5. The van der Waals surface area contributed by atoms with E-state index in [1.807, 2.05) is 31.3 Å². The normalized spacial score (nSPS) is 20.2. The zero-order valence-corrected chi connectivity index (χ0v) is 20.0. The minimum atomic E-state index is -0.507. The summed E-state index contributed by atoms with van der Waals surface area (Å²) in [4.78, 5) is 28.6. The molecule has 4 aromatic rings. The van der Waals surface area contributed by atoms with Gasteiger partial charge >= 0.3 is 0 Å². The van der Waals surface area contributed by atoms with E-state index in [0.717, 1.165) is 22.7 Å². The van der Waals surface area contributed by atoms with Gasteiger partial charge in [0.25, 0.3) is 0 Å². The van der Waals surface area contributed by atoms with Gasteiger partial charge in [0.2, 0.25) is 11.8 Å². The zero-order chi connectivity index (χ0) is 24.9. The molecular weight excluding hydrogens is 454 g/mol. The summed E-state index contributed by atoms with van der Waals surface area (Å²) < 4.78 is 8.23. The van der Waals surface area contributed by atoms with Crippen LogP contribution in [0.4, 0.5) is 5.69 Å². The number of hydrogen-bond donors (Lipinski definition) is 2. The minimum Gasteiger partial charge on any atom is -0.456 e. The number of aryl methyl sites for hydroxylation is 1.